The van der Waals surface area contributed by atoms with Crippen LogP contribution in [0.5, 0.6) is 0 Å². The molecule has 0 aromatic carbocycles. The summed E-state index contributed by atoms with van der Waals surface area (Å²) >= 11 is 2.89. The summed E-state index contributed by atoms with van der Waals surface area (Å²) in [6.45, 7) is 3.35. The van der Waals surface area contributed by atoms with Crippen LogP contribution in [-0.2, 0) is 29.8 Å². The van der Waals surface area contributed by atoms with Gasteiger partial charge in [0.05, 0.1) is 22.1 Å². The summed E-state index contributed by atoms with van der Waals surface area (Å²) in [5.41, 5.74) is -0.163. The fourth-order valence-corrected chi connectivity index (χ4v) is 3.96. The van der Waals surface area contributed by atoms with Crippen molar-refractivity contribution in [3.63, 3.8) is 0 Å². The van der Waals surface area contributed by atoms with Crippen LogP contribution in [0.3, 0.4) is 0 Å². The Labute approximate surface area is 151 Å². The molecule has 0 aliphatic carbocycles. The average molecular weight is 444 g/mol. The molecule has 2 rings (SSSR count). The normalized spacial score (nSPS) is 12.8. The lowest BCUT2D eigenvalue weighted by Gasteiger charge is -2.07. The van der Waals surface area contributed by atoms with Gasteiger partial charge in [0.15, 0.2) is 5.69 Å². The Morgan fingerprint density at radius 1 is 1.28 bits per heavy atom. The summed E-state index contributed by atoms with van der Waals surface area (Å²) in [5, 5.41) is 7.42. The number of nitrogens with one attached hydrogen (secondary N) is 1. The van der Waals surface area contributed by atoms with Gasteiger partial charge in [0.25, 0.3) is 0 Å². The van der Waals surface area contributed by atoms with Crippen LogP contribution in [0.25, 0.3) is 0 Å². The molecule has 0 bridgehead atoms. The van der Waals surface area contributed by atoms with E-state index in [0.29, 0.717) is 11.4 Å². The lowest BCUT2D eigenvalue weighted by Crippen LogP contribution is -2.26. The first-order valence-corrected chi connectivity index (χ1v) is 9.51. The summed E-state index contributed by atoms with van der Waals surface area (Å²) in [7, 11) is -2.08. The highest BCUT2D eigenvalue weighted by atomic mass is 79.9. The van der Waals surface area contributed by atoms with Crippen LogP contribution in [0.1, 0.15) is 23.5 Å². The van der Waals surface area contributed by atoms with E-state index in [1.165, 1.54) is 22.5 Å². The smallest absolute Gasteiger partial charge is 0.272 e. The van der Waals surface area contributed by atoms with Crippen molar-refractivity contribution in [1.29, 1.82) is 0 Å². The van der Waals surface area contributed by atoms with Crippen LogP contribution >= 0.6 is 15.9 Å². The maximum atomic E-state index is 12.8. The van der Waals surface area contributed by atoms with E-state index in [4.69, 9.17) is 0 Å². The quantitative estimate of drug-likeness (QED) is 0.694. The van der Waals surface area contributed by atoms with E-state index >= 15 is 0 Å². The monoisotopic (exact) mass is 443 g/mol. The molecular weight excluding hydrogens is 427 g/mol. The van der Waals surface area contributed by atoms with Gasteiger partial charge in [0.2, 0.25) is 10.0 Å². The number of rotatable bonds is 6. The van der Waals surface area contributed by atoms with Gasteiger partial charge in [-0.3, -0.25) is 9.36 Å². The lowest BCUT2D eigenvalue weighted by molar-refractivity contribution is -0.142. The van der Waals surface area contributed by atoms with Crippen LogP contribution < -0.4 is 4.72 Å². The van der Waals surface area contributed by atoms with Gasteiger partial charge < -0.3 is 0 Å². The molecule has 0 aliphatic heterocycles. The van der Waals surface area contributed by atoms with Crippen LogP contribution in [0.4, 0.5) is 13.2 Å². The van der Waals surface area contributed by atoms with Crippen molar-refractivity contribution in [3.05, 3.63) is 27.8 Å². The Hall–Kier alpha value is -1.40. The molecule has 0 atom stereocenters. The van der Waals surface area contributed by atoms with Gasteiger partial charge in [-0.1, -0.05) is 0 Å². The molecule has 0 spiro atoms. The van der Waals surface area contributed by atoms with Gasteiger partial charge in [-0.15, -0.1) is 0 Å². The van der Waals surface area contributed by atoms with Gasteiger partial charge in [-0.25, -0.2) is 13.1 Å². The number of hydrogen-bond donors (Lipinski definition) is 1. The first-order valence-electron chi connectivity index (χ1n) is 7.23. The molecule has 7 nitrogen and oxygen atoms in total. The number of sulfonamides is 1. The molecule has 2 heterocycles. The van der Waals surface area contributed by atoms with Gasteiger partial charge in [-0.2, -0.15) is 23.4 Å². The van der Waals surface area contributed by atoms with Crippen molar-refractivity contribution in [3.8, 4) is 0 Å². The highest BCUT2D eigenvalue weighted by molar-refractivity contribution is 9.10. The van der Waals surface area contributed by atoms with Crippen molar-refractivity contribution >= 4 is 26.0 Å². The summed E-state index contributed by atoms with van der Waals surface area (Å²) in [6, 6.07) is 0. The average Bonchev–Trinajstić information content (AvgIpc) is 2.98. The fraction of sp³-hybridized carbons (Fsp3) is 0.538. The van der Waals surface area contributed by atoms with Crippen molar-refractivity contribution in [2.45, 2.75) is 37.9 Å². The Bertz CT molecular complexity index is 873. The Morgan fingerprint density at radius 3 is 2.40 bits per heavy atom. The van der Waals surface area contributed by atoms with Crippen molar-refractivity contribution in [1.82, 2.24) is 24.3 Å². The van der Waals surface area contributed by atoms with E-state index < -0.39 is 21.9 Å². The summed E-state index contributed by atoms with van der Waals surface area (Å²) in [6.07, 6.45) is -3.01. The van der Waals surface area contributed by atoms with Crippen molar-refractivity contribution in [2.24, 2.45) is 7.05 Å². The van der Waals surface area contributed by atoms with E-state index in [0.717, 1.165) is 0 Å². The second-order valence-corrected chi connectivity index (χ2v) is 7.97. The molecule has 2 aromatic rings. The highest BCUT2D eigenvalue weighted by Crippen LogP contribution is 2.35. The lowest BCUT2D eigenvalue weighted by atomic mass is 10.3. The molecule has 0 saturated heterocycles. The molecule has 2 aromatic heterocycles. The molecule has 0 amide bonds. The fourth-order valence-electron chi connectivity index (χ4n) is 2.18. The number of nitrogens with zero attached hydrogens (tertiary/aromatic N) is 4. The van der Waals surface area contributed by atoms with E-state index in [9.17, 15) is 21.6 Å². The van der Waals surface area contributed by atoms with Crippen molar-refractivity contribution in [2.75, 3.05) is 6.54 Å². The SMILES string of the molecule is Cc1c(S(=O)(=O)NCCCn2nc(C(F)(F)F)c(Br)c2C)cnn1C. The Kier molecular flexibility index (Phi) is 5.64. The zero-order valence-corrected chi connectivity index (χ0v) is 16.1. The predicted octanol–water partition coefficient (Wildman–Crippen LogP) is 2.38. The first kappa shape index (κ1) is 19.9. The topological polar surface area (TPSA) is 81.8 Å². The minimum atomic E-state index is -4.55. The molecule has 0 fully saturated rings. The third kappa shape index (κ3) is 4.23. The largest absolute Gasteiger partial charge is 0.436 e. The summed E-state index contributed by atoms with van der Waals surface area (Å²) in [5.74, 6) is 0. The molecule has 0 aliphatic rings. The summed E-state index contributed by atoms with van der Waals surface area (Å²) in [4.78, 5) is 0.0763. The molecular formula is C13H17BrF3N5O2S. The van der Waals surface area contributed by atoms with Crippen LogP contribution in [-0.4, -0.2) is 34.5 Å². The number of aryl methyl sites for hydroxylation is 2. The number of hydrogen-bond acceptors (Lipinski definition) is 4. The minimum Gasteiger partial charge on any atom is -0.272 e. The van der Waals surface area contributed by atoms with Crippen LogP contribution in [0, 0.1) is 13.8 Å². The maximum Gasteiger partial charge on any atom is 0.436 e. The molecule has 25 heavy (non-hydrogen) atoms. The van der Waals surface area contributed by atoms with E-state index in [-0.39, 0.29) is 28.9 Å². The third-order valence-electron chi connectivity index (χ3n) is 3.72. The number of aromatic nitrogens is 4. The van der Waals surface area contributed by atoms with E-state index in [1.807, 2.05) is 0 Å². The van der Waals surface area contributed by atoms with Crippen LogP contribution in [0.15, 0.2) is 15.6 Å². The first-order chi connectivity index (χ1) is 11.4. The summed E-state index contributed by atoms with van der Waals surface area (Å²) < 4.78 is 67.8. The molecule has 0 radical (unpaired) electrons. The predicted molar refractivity (Wildman–Crippen MR) is 87.4 cm³/mol. The third-order valence-corrected chi connectivity index (χ3v) is 6.23. The van der Waals surface area contributed by atoms with Crippen LogP contribution in [0.2, 0.25) is 0 Å². The zero-order valence-electron chi connectivity index (χ0n) is 13.7. The van der Waals surface area contributed by atoms with E-state index in [1.54, 1.807) is 14.0 Å². The molecule has 1 N–H and O–H groups in total. The molecule has 0 saturated carbocycles. The van der Waals surface area contributed by atoms with Gasteiger partial charge in [0, 0.05) is 20.1 Å². The van der Waals surface area contributed by atoms with Crippen molar-refractivity contribution < 1.29 is 21.6 Å². The highest BCUT2D eigenvalue weighted by Gasteiger charge is 2.37. The second-order valence-electron chi connectivity index (χ2n) is 5.44. The maximum absolute atomic E-state index is 12.8. The zero-order chi connectivity index (χ0) is 19.0. The van der Waals surface area contributed by atoms with Gasteiger partial charge in [-0.05, 0) is 36.2 Å². The van der Waals surface area contributed by atoms with Gasteiger partial charge in [0.1, 0.15) is 4.90 Å². The molecule has 140 valence electrons. The Balaban J connectivity index is 1.99. The number of halogens is 4. The molecule has 12 heteroatoms. The second kappa shape index (κ2) is 7.08. The van der Waals surface area contributed by atoms with Gasteiger partial charge >= 0.3 is 6.18 Å². The van der Waals surface area contributed by atoms with E-state index in [2.05, 4.69) is 30.8 Å². The minimum absolute atomic E-state index is 0.0644. The standard InChI is InChI=1S/C13H17BrF3N5O2S/c1-8-10(7-18-21(8)3)25(23,24)19-5-4-6-22-9(2)11(14)12(20-22)13(15,16)17/h7,19H,4-6H2,1-3H3. The number of alkyl halides is 3. The molecule has 0 unspecified atom stereocenters. The Morgan fingerprint density at radius 2 is 1.92 bits per heavy atom.